The molecule has 204 valence electrons. The molecule has 1 fully saturated rings. The normalized spacial score (nSPS) is 16.5. The molecule has 6 rings (SSSR count). The van der Waals surface area contributed by atoms with Crippen LogP contribution in [0.5, 0.6) is 11.5 Å². The van der Waals surface area contributed by atoms with E-state index in [-0.39, 0.29) is 30.5 Å². The van der Waals surface area contributed by atoms with Crippen molar-refractivity contribution in [3.8, 4) is 11.5 Å². The van der Waals surface area contributed by atoms with Gasteiger partial charge in [-0.1, -0.05) is 18.2 Å². The van der Waals surface area contributed by atoms with Gasteiger partial charge in [-0.25, -0.2) is 9.78 Å². The van der Waals surface area contributed by atoms with Gasteiger partial charge in [0.15, 0.2) is 0 Å². The molecule has 10 nitrogen and oxygen atoms in total. The summed E-state index contributed by atoms with van der Waals surface area (Å²) in [7, 11) is 1.49. The monoisotopic (exact) mass is 557 g/mol. The number of likely N-dealkylation sites (tertiary alicyclic amines) is 1. The van der Waals surface area contributed by atoms with Crippen molar-refractivity contribution in [2.45, 2.75) is 18.9 Å². The average molecular weight is 558 g/mol. The molecule has 1 saturated heterocycles. The smallest absolute Gasteiger partial charge is 0.331 e. The van der Waals surface area contributed by atoms with Crippen LogP contribution < -0.4 is 20.3 Å². The van der Waals surface area contributed by atoms with Gasteiger partial charge in [-0.3, -0.25) is 14.5 Å². The number of thiophene rings is 1. The lowest BCUT2D eigenvalue weighted by atomic mass is 10.1. The molecule has 11 heteroatoms. The molecule has 0 saturated carbocycles. The average Bonchev–Trinajstić information content (AvgIpc) is 3.34. The molecule has 1 unspecified atom stereocenters. The van der Waals surface area contributed by atoms with Crippen LogP contribution in [0, 0.1) is 0 Å². The first kappa shape index (κ1) is 25.8. The summed E-state index contributed by atoms with van der Waals surface area (Å²) in [6, 6.07) is 17.9. The van der Waals surface area contributed by atoms with E-state index in [2.05, 4.69) is 15.6 Å². The number of carbonyl (C=O) groups excluding carboxylic acids is 3. The van der Waals surface area contributed by atoms with Crippen molar-refractivity contribution in [3.05, 3.63) is 71.7 Å². The van der Waals surface area contributed by atoms with Gasteiger partial charge in [0.25, 0.3) is 5.91 Å². The Hall–Kier alpha value is -4.48. The van der Waals surface area contributed by atoms with E-state index in [1.54, 1.807) is 34.2 Å². The first-order valence-corrected chi connectivity index (χ1v) is 13.8. The largest absolute Gasteiger partial charge is 0.457 e. The van der Waals surface area contributed by atoms with Crippen LogP contribution in [0.2, 0.25) is 0 Å². The summed E-state index contributed by atoms with van der Waals surface area (Å²) in [5, 5.41) is 6.69. The van der Waals surface area contributed by atoms with Crippen LogP contribution in [-0.2, 0) is 9.53 Å². The number of piperidine rings is 1. The molecule has 4 heterocycles. The number of ether oxygens (including phenoxy) is 2. The minimum Gasteiger partial charge on any atom is -0.457 e. The zero-order chi connectivity index (χ0) is 27.6. The summed E-state index contributed by atoms with van der Waals surface area (Å²) in [5.74, 6) is 0.969. The number of methoxy groups -OCH3 is 1. The van der Waals surface area contributed by atoms with Crippen LogP contribution in [0.1, 0.15) is 22.5 Å². The van der Waals surface area contributed by atoms with E-state index in [0.29, 0.717) is 51.0 Å². The third kappa shape index (κ3) is 4.96. The number of para-hydroxylation sites is 1. The number of amides is 4. The van der Waals surface area contributed by atoms with Crippen molar-refractivity contribution in [2.75, 3.05) is 37.0 Å². The molecule has 2 aliphatic rings. The third-order valence-electron chi connectivity index (χ3n) is 6.90. The van der Waals surface area contributed by atoms with Crippen LogP contribution in [0.15, 0.2) is 66.9 Å². The van der Waals surface area contributed by atoms with Crippen molar-refractivity contribution in [2.24, 2.45) is 0 Å². The fourth-order valence-corrected chi connectivity index (χ4v) is 6.10. The second kappa shape index (κ2) is 10.9. The number of anilines is 3. The Labute approximate surface area is 234 Å². The Balaban J connectivity index is 1.24. The maximum Gasteiger partial charge on any atom is 0.331 e. The number of rotatable bonds is 7. The molecule has 0 bridgehead atoms. The van der Waals surface area contributed by atoms with Gasteiger partial charge in [0.1, 0.15) is 27.8 Å². The number of aromatic nitrogens is 1. The molecule has 0 aliphatic carbocycles. The molecule has 1 atom stereocenters. The molecule has 40 heavy (non-hydrogen) atoms. The van der Waals surface area contributed by atoms with Crippen LogP contribution in [0.25, 0.3) is 10.2 Å². The van der Waals surface area contributed by atoms with Gasteiger partial charge in [-0.15, -0.1) is 11.3 Å². The van der Waals surface area contributed by atoms with E-state index in [9.17, 15) is 14.4 Å². The number of benzene rings is 2. The van der Waals surface area contributed by atoms with E-state index >= 15 is 0 Å². The molecule has 4 aromatic rings. The van der Waals surface area contributed by atoms with Crippen LogP contribution in [0.3, 0.4) is 0 Å². The highest BCUT2D eigenvalue weighted by Crippen LogP contribution is 2.45. The molecular weight excluding hydrogens is 530 g/mol. The zero-order valence-electron chi connectivity index (χ0n) is 21.8. The number of carbonyl (C=O) groups is 3. The summed E-state index contributed by atoms with van der Waals surface area (Å²) >= 11 is 1.23. The quantitative estimate of drug-likeness (QED) is 0.325. The lowest BCUT2D eigenvalue weighted by Crippen LogP contribution is -2.50. The summed E-state index contributed by atoms with van der Waals surface area (Å²) in [5.41, 5.74) is 1.75. The number of hydrogen-bond donors (Lipinski definition) is 2. The Morgan fingerprint density at radius 2 is 1.88 bits per heavy atom. The van der Waals surface area contributed by atoms with Crippen molar-refractivity contribution >= 4 is 56.5 Å². The summed E-state index contributed by atoms with van der Waals surface area (Å²) in [6.07, 6.45) is 3.18. The standard InChI is InChI=1S/C29H27N5O5S/c1-38-17-23(35)33-15-5-6-18(16-33)31-27(36)26-25-24-22(13-14-30-28(24)40-26)34(29(37)32-25)19-9-11-21(12-10-19)39-20-7-3-2-4-8-20/h2-4,7-14,18H,5-6,15-17H2,1H3,(H,31,36)(H,32,37). The minimum absolute atomic E-state index is 0.0148. The second-order valence-corrected chi connectivity index (χ2v) is 10.6. The van der Waals surface area contributed by atoms with Gasteiger partial charge in [-0.05, 0) is 55.3 Å². The molecule has 0 radical (unpaired) electrons. The summed E-state index contributed by atoms with van der Waals surface area (Å²) in [6.45, 7) is 1.07. The first-order chi connectivity index (χ1) is 19.5. The number of pyridine rings is 1. The van der Waals surface area contributed by atoms with Gasteiger partial charge in [0, 0.05) is 32.4 Å². The molecule has 0 spiro atoms. The second-order valence-electron chi connectivity index (χ2n) is 9.58. The third-order valence-corrected chi connectivity index (χ3v) is 8.00. The van der Waals surface area contributed by atoms with Gasteiger partial charge in [0.2, 0.25) is 5.91 Å². The Morgan fingerprint density at radius 1 is 1.10 bits per heavy atom. The van der Waals surface area contributed by atoms with E-state index in [0.717, 1.165) is 18.6 Å². The molecule has 2 N–H and O–H groups in total. The lowest BCUT2D eigenvalue weighted by Gasteiger charge is -2.33. The highest BCUT2D eigenvalue weighted by Gasteiger charge is 2.34. The molecule has 2 aromatic heterocycles. The topological polar surface area (TPSA) is 113 Å². The minimum atomic E-state index is -0.377. The van der Waals surface area contributed by atoms with E-state index in [1.165, 1.54) is 18.4 Å². The number of nitrogens with zero attached hydrogens (tertiary/aromatic N) is 3. The highest BCUT2D eigenvalue weighted by molar-refractivity contribution is 7.21. The first-order valence-electron chi connectivity index (χ1n) is 12.9. The summed E-state index contributed by atoms with van der Waals surface area (Å²) in [4.78, 5) is 47.9. The maximum atomic E-state index is 13.4. The van der Waals surface area contributed by atoms with Crippen LogP contribution in [-0.4, -0.2) is 60.6 Å². The fraction of sp³-hybridized carbons (Fsp3) is 0.241. The Bertz CT molecular complexity index is 1570. The van der Waals surface area contributed by atoms with Gasteiger partial charge in [-0.2, -0.15) is 0 Å². The van der Waals surface area contributed by atoms with E-state index in [4.69, 9.17) is 9.47 Å². The molecule has 2 aliphatic heterocycles. The van der Waals surface area contributed by atoms with Gasteiger partial charge < -0.3 is 25.0 Å². The SMILES string of the molecule is COCC(=O)N1CCCC(NC(=O)c2sc3nccc4c3c2NC(=O)N4c2ccc(Oc3ccccc3)cc2)C1. The van der Waals surface area contributed by atoms with E-state index < -0.39 is 0 Å². The van der Waals surface area contributed by atoms with E-state index in [1.807, 2.05) is 42.5 Å². The fourth-order valence-electron chi connectivity index (χ4n) is 5.08. The number of urea groups is 1. The Kier molecular flexibility index (Phi) is 7.06. The highest BCUT2D eigenvalue weighted by atomic mass is 32.1. The summed E-state index contributed by atoms with van der Waals surface area (Å²) < 4.78 is 10.9. The predicted molar refractivity (Wildman–Crippen MR) is 153 cm³/mol. The predicted octanol–water partition coefficient (Wildman–Crippen LogP) is 5.14. The van der Waals surface area contributed by atoms with Crippen molar-refractivity contribution in [3.63, 3.8) is 0 Å². The number of hydrogen-bond acceptors (Lipinski definition) is 7. The molecular formula is C29H27N5O5S. The van der Waals surface area contributed by atoms with Crippen molar-refractivity contribution in [1.82, 2.24) is 15.2 Å². The zero-order valence-corrected chi connectivity index (χ0v) is 22.6. The Morgan fingerprint density at radius 3 is 2.65 bits per heavy atom. The lowest BCUT2D eigenvalue weighted by molar-refractivity contribution is -0.136. The van der Waals surface area contributed by atoms with Gasteiger partial charge in [0.05, 0.1) is 22.4 Å². The van der Waals surface area contributed by atoms with Crippen LogP contribution in [0.4, 0.5) is 21.9 Å². The molecule has 4 amide bonds. The van der Waals surface area contributed by atoms with Crippen molar-refractivity contribution < 1.29 is 23.9 Å². The maximum absolute atomic E-state index is 13.4. The van der Waals surface area contributed by atoms with Gasteiger partial charge >= 0.3 is 6.03 Å². The van der Waals surface area contributed by atoms with Crippen molar-refractivity contribution in [1.29, 1.82) is 0 Å². The van der Waals surface area contributed by atoms with Crippen LogP contribution >= 0.6 is 11.3 Å². The number of nitrogens with one attached hydrogen (secondary N) is 2. The molecule has 2 aromatic carbocycles.